The molecule has 0 aliphatic carbocycles. The van der Waals surface area contributed by atoms with Gasteiger partial charge in [-0.15, -0.1) is 0 Å². The summed E-state index contributed by atoms with van der Waals surface area (Å²) in [6.07, 6.45) is 0. The maximum absolute atomic E-state index is 11.5. The molecular formula is C19H22N2O2. The van der Waals surface area contributed by atoms with E-state index in [9.17, 15) is 4.79 Å². The normalized spacial score (nSPS) is 14.7. The van der Waals surface area contributed by atoms with Gasteiger partial charge in [0.25, 0.3) is 0 Å². The molecule has 0 saturated carbocycles. The summed E-state index contributed by atoms with van der Waals surface area (Å²) in [6.45, 7) is 6.09. The molecule has 4 heteroatoms. The van der Waals surface area contributed by atoms with Gasteiger partial charge < -0.3 is 14.5 Å². The third kappa shape index (κ3) is 3.47. The van der Waals surface area contributed by atoms with Gasteiger partial charge >= 0.3 is 5.97 Å². The number of carbonyl (C=O) groups excluding carboxylic acids is 1. The van der Waals surface area contributed by atoms with E-state index in [4.69, 9.17) is 4.74 Å². The number of hydrogen-bond acceptors (Lipinski definition) is 4. The monoisotopic (exact) mass is 310 g/mol. The second kappa shape index (κ2) is 6.73. The zero-order valence-corrected chi connectivity index (χ0v) is 13.7. The second-order valence-corrected chi connectivity index (χ2v) is 5.85. The number of nitrogens with zero attached hydrogens (tertiary/aromatic N) is 2. The molecule has 1 fully saturated rings. The van der Waals surface area contributed by atoms with Crippen molar-refractivity contribution in [2.45, 2.75) is 6.92 Å². The zero-order chi connectivity index (χ0) is 16.2. The third-order valence-electron chi connectivity index (χ3n) is 4.30. The van der Waals surface area contributed by atoms with Crippen LogP contribution in [0.1, 0.15) is 15.9 Å². The summed E-state index contributed by atoms with van der Waals surface area (Å²) in [4.78, 5) is 16.3. The van der Waals surface area contributed by atoms with Gasteiger partial charge in [-0.25, -0.2) is 4.79 Å². The molecule has 120 valence electrons. The van der Waals surface area contributed by atoms with E-state index in [-0.39, 0.29) is 5.97 Å². The van der Waals surface area contributed by atoms with Crippen molar-refractivity contribution in [3.8, 4) is 0 Å². The lowest BCUT2D eigenvalue weighted by Gasteiger charge is -2.37. The number of ether oxygens (including phenoxy) is 1. The minimum Gasteiger partial charge on any atom is -0.465 e. The molecule has 0 unspecified atom stereocenters. The average Bonchev–Trinajstić information content (AvgIpc) is 2.61. The third-order valence-corrected chi connectivity index (χ3v) is 4.30. The number of benzene rings is 2. The molecule has 1 aliphatic heterocycles. The van der Waals surface area contributed by atoms with Gasteiger partial charge in [-0.05, 0) is 48.9 Å². The molecular weight excluding hydrogens is 288 g/mol. The van der Waals surface area contributed by atoms with Crippen molar-refractivity contribution in [1.82, 2.24) is 0 Å². The highest BCUT2D eigenvalue weighted by atomic mass is 16.5. The smallest absolute Gasteiger partial charge is 0.337 e. The Kier molecular flexibility index (Phi) is 4.51. The highest BCUT2D eigenvalue weighted by molar-refractivity contribution is 5.89. The van der Waals surface area contributed by atoms with Crippen molar-refractivity contribution in [3.63, 3.8) is 0 Å². The fourth-order valence-corrected chi connectivity index (χ4v) is 2.97. The Balaban J connectivity index is 1.63. The predicted octanol–water partition coefficient (Wildman–Crippen LogP) is 3.11. The summed E-state index contributed by atoms with van der Waals surface area (Å²) < 4.78 is 4.74. The Labute approximate surface area is 137 Å². The molecule has 0 radical (unpaired) electrons. The molecule has 23 heavy (non-hydrogen) atoms. The Morgan fingerprint density at radius 2 is 1.52 bits per heavy atom. The number of aryl methyl sites for hydroxylation is 1. The van der Waals surface area contributed by atoms with E-state index in [1.54, 1.807) is 0 Å². The van der Waals surface area contributed by atoms with E-state index in [1.807, 2.05) is 24.3 Å². The molecule has 0 amide bonds. The molecule has 0 N–H and O–H groups in total. The van der Waals surface area contributed by atoms with Crippen LogP contribution in [0.3, 0.4) is 0 Å². The summed E-state index contributed by atoms with van der Waals surface area (Å²) in [7, 11) is 1.40. The number of carbonyl (C=O) groups is 1. The SMILES string of the molecule is COC(=O)c1ccc(N2CCN(c3cccc(C)c3)CC2)cc1. The second-order valence-electron chi connectivity index (χ2n) is 5.85. The predicted molar refractivity (Wildman–Crippen MR) is 93.4 cm³/mol. The number of esters is 1. The molecule has 0 spiro atoms. The molecule has 3 rings (SSSR count). The van der Waals surface area contributed by atoms with Gasteiger partial charge in [0.2, 0.25) is 0 Å². The maximum Gasteiger partial charge on any atom is 0.337 e. The lowest BCUT2D eigenvalue weighted by atomic mass is 10.1. The first kappa shape index (κ1) is 15.4. The molecule has 0 aromatic heterocycles. The molecule has 1 heterocycles. The van der Waals surface area contributed by atoms with Gasteiger partial charge in [0.15, 0.2) is 0 Å². The standard InChI is InChI=1S/C19H22N2O2/c1-15-4-3-5-18(14-15)21-12-10-20(11-13-21)17-8-6-16(7-9-17)19(22)23-2/h3-9,14H,10-13H2,1-2H3. The minimum atomic E-state index is -0.291. The number of methoxy groups -OCH3 is 1. The lowest BCUT2D eigenvalue weighted by molar-refractivity contribution is 0.0601. The molecule has 2 aromatic carbocycles. The number of rotatable bonds is 3. The van der Waals surface area contributed by atoms with Crippen LogP contribution in [-0.2, 0) is 4.74 Å². The first-order chi connectivity index (χ1) is 11.2. The summed E-state index contributed by atoms with van der Waals surface area (Å²) in [5.41, 5.74) is 4.34. The molecule has 2 aromatic rings. The highest BCUT2D eigenvalue weighted by Gasteiger charge is 2.18. The van der Waals surface area contributed by atoms with Crippen LogP contribution >= 0.6 is 0 Å². The Hall–Kier alpha value is -2.49. The number of hydrogen-bond donors (Lipinski definition) is 0. The highest BCUT2D eigenvalue weighted by Crippen LogP contribution is 2.21. The topological polar surface area (TPSA) is 32.8 Å². The van der Waals surface area contributed by atoms with Crippen molar-refractivity contribution in [2.75, 3.05) is 43.1 Å². The zero-order valence-electron chi connectivity index (χ0n) is 13.7. The summed E-state index contributed by atoms with van der Waals surface area (Å²) in [6, 6.07) is 16.3. The van der Waals surface area contributed by atoms with Gasteiger partial charge in [-0.1, -0.05) is 12.1 Å². The van der Waals surface area contributed by atoms with Crippen LogP contribution in [0.15, 0.2) is 48.5 Å². The van der Waals surface area contributed by atoms with Crippen LogP contribution in [0.4, 0.5) is 11.4 Å². The fourth-order valence-electron chi connectivity index (χ4n) is 2.97. The maximum atomic E-state index is 11.5. The Morgan fingerprint density at radius 3 is 2.09 bits per heavy atom. The molecule has 1 saturated heterocycles. The van der Waals surface area contributed by atoms with Crippen molar-refractivity contribution < 1.29 is 9.53 Å². The van der Waals surface area contributed by atoms with Gasteiger partial charge in [0.05, 0.1) is 12.7 Å². The quantitative estimate of drug-likeness (QED) is 0.816. The number of piperazine rings is 1. The van der Waals surface area contributed by atoms with Gasteiger partial charge in [-0.2, -0.15) is 0 Å². The summed E-state index contributed by atoms with van der Waals surface area (Å²) in [5, 5.41) is 0. The van der Waals surface area contributed by atoms with Crippen LogP contribution in [0, 0.1) is 6.92 Å². The van der Waals surface area contributed by atoms with Crippen molar-refractivity contribution in [2.24, 2.45) is 0 Å². The van der Waals surface area contributed by atoms with Gasteiger partial charge in [0, 0.05) is 37.6 Å². The summed E-state index contributed by atoms with van der Waals surface area (Å²) in [5.74, 6) is -0.291. The van der Waals surface area contributed by atoms with E-state index in [0.29, 0.717) is 5.56 Å². The molecule has 1 aliphatic rings. The first-order valence-electron chi connectivity index (χ1n) is 7.92. The van der Waals surface area contributed by atoms with Crippen molar-refractivity contribution in [3.05, 3.63) is 59.7 Å². The fraction of sp³-hybridized carbons (Fsp3) is 0.316. The van der Waals surface area contributed by atoms with Crippen LogP contribution in [0.2, 0.25) is 0 Å². The summed E-state index contributed by atoms with van der Waals surface area (Å²) >= 11 is 0. The Morgan fingerprint density at radius 1 is 0.913 bits per heavy atom. The van der Waals surface area contributed by atoms with E-state index in [1.165, 1.54) is 18.4 Å². The first-order valence-corrected chi connectivity index (χ1v) is 7.92. The van der Waals surface area contributed by atoms with Crippen LogP contribution in [-0.4, -0.2) is 39.3 Å². The molecule has 0 atom stereocenters. The van der Waals surface area contributed by atoms with Crippen LogP contribution in [0.25, 0.3) is 0 Å². The minimum absolute atomic E-state index is 0.291. The number of anilines is 2. The van der Waals surface area contributed by atoms with Crippen LogP contribution in [0.5, 0.6) is 0 Å². The van der Waals surface area contributed by atoms with Crippen molar-refractivity contribution >= 4 is 17.3 Å². The largest absolute Gasteiger partial charge is 0.465 e. The van der Waals surface area contributed by atoms with E-state index < -0.39 is 0 Å². The van der Waals surface area contributed by atoms with Crippen molar-refractivity contribution in [1.29, 1.82) is 0 Å². The van der Waals surface area contributed by atoms with Crippen LogP contribution < -0.4 is 9.80 Å². The average molecular weight is 310 g/mol. The van der Waals surface area contributed by atoms with E-state index >= 15 is 0 Å². The molecule has 0 bridgehead atoms. The molecule has 4 nitrogen and oxygen atoms in total. The Bertz CT molecular complexity index is 674. The van der Waals surface area contributed by atoms with E-state index in [2.05, 4.69) is 41.0 Å². The van der Waals surface area contributed by atoms with Gasteiger partial charge in [0.1, 0.15) is 0 Å². The lowest BCUT2D eigenvalue weighted by Crippen LogP contribution is -2.46. The van der Waals surface area contributed by atoms with E-state index in [0.717, 1.165) is 31.9 Å². The van der Waals surface area contributed by atoms with Gasteiger partial charge in [-0.3, -0.25) is 0 Å².